The minimum Gasteiger partial charge on any atom is -0.340 e. The third-order valence-corrected chi connectivity index (χ3v) is 4.73. The Kier molecular flexibility index (Phi) is 4.77. The Labute approximate surface area is 169 Å². The third-order valence-electron chi connectivity index (χ3n) is 3.99. The van der Waals surface area contributed by atoms with Crippen LogP contribution in [0.3, 0.4) is 0 Å². The van der Waals surface area contributed by atoms with Gasteiger partial charge in [0.15, 0.2) is 5.82 Å². The van der Waals surface area contributed by atoms with Crippen LogP contribution in [0.1, 0.15) is 0 Å². The first-order valence-corrected chi connectivity index (χ1v) is 8.85. The summed E-state index contributed by atoms with van der Waals surface area (Å²) in [6.07, 6.45) is 3.30. The normalized spacial score (nSPS) is 10.8. The van der Waals surface area contributed by atoms with Gasteiger partial charge in [0, 0.05) is 41.2 Å². The van der Waals surface area contributed by atoms with Gasteiger partial charge in [-0.1, -0.05) is 23.2 Å². The summed E-state index contributed by atoms with van der Waals surface area (Å²) in [4.78, 5) is 23.9. The number of nitro benzene ring substituents is 1. The molecule has 0 aliphatic heterocycles. The SMILES string of the molecule is O=[N+]([O-])c1ccc2nc(-c3cccnc3)nc(Nc3ccc(Cl)c(Cl)c3)c2c1. The average Bonchev–Trinajstić information content (AvgIpc) is 2.71. The summed E-state index contributed by atoms with van der Waals surface area (Å²) >= 11 is 12.1. The van der Waals surface area contributed by atoms with E-state index in [2.05, 4.69) is 20.3 Å². The molecule has 138 valence electrons. The van der Waals surface area contributed by atoms with E-state index in [0.717, 1.165) is 5.56 Å². The molecular weight excluding hydrogens is 401 g/mol. The Morgan fingerprint density at radius 2 is 1.86 bits per heavy atom. The Morgan fingerprint density at radius 3 is 2.57 bits per heavy atom. The molecule has 4 aromatic rings. The molecule has 9 heteroatoms. The summed E-state index contributed by atoms with van der Waals surface area (Å²) in [5.41, 5.74) is 1.86. The molecule has 0 spiro atoms. The van der Waals surface area contributed by atoms with Gasteiger partial charge in [-0.05, 0) is 36.4 Å². The zero-order chi connectivity index (χ0) is 19.7. The topological polar surface area (TPSA) is 93.8 Å². The molecule has 7 nitrogen and oxygen atoms in total. The van der Waals surface area contributed by atoms with E-state index in [1.807, 2.05) is 6.07 Å². The van der Waals surface area contributed by atoms with Crippen LogP contribution >= 0.6 is 23.2 Å². The predicted octanol–water partition coefficient (Wildman–Crippen LogP) is 5.65. The predicted molar refractivity (Wildman–Crippen MR) is 109 cm³/mol. The fraction of sp³-hybridized carbons (Fsp3) is 0. The van der Waals surface area contributed by atoms with E-state index >= 15 is 0 Å². The van der Waals surface area contributed by atoms with Gasteiger partial charge in [-0.15, -0.1) is 0 Å². The fourth-order valence-corrected chi connectivity index (χ4v) is 2.96. The highest BCUT2D eigenvalue weighted by molar-refractivity contribution is 6.42. The molecule has 28 heavy (non-hydrogen) atoms. The van der Waals surface area contributed by atoms with Gasteiger partial charge in [-0.2, -0.15) is 0 Å². The molecule has 0 aliphatic rings. The molecule has 0 saturated heterocycles. The molecular formula is C19H11Cl2N5O2. The largest absolute Gasteiger partial charge is 0.340 e. The summed E-state index contributed by atoms with van der Waals surface area (Å²) in [6, 6.07) is 13.1. The second-order valence-corrected chi connectivity index (χ2v) is 6.66. The van der Waals surface area contributed by atoms with Gasteiger partial charge >= 0.3 is 0 Å². The first-order chi connectivity index (χ1) is 13.5. The van der Waals surface area contributed by atoms with Crippen LogP contribution in [-0.2, 0) is 0 Å². The van der Waals surface area contributed by atoms with E-state index in [4.69, 9.17) is 23.2 Å². The number of benzene rings is 2. The number of halogens is 2. The maximum absolute atomic E-state index is 11.2. The zero-order valence-corrected chi connectivity index (χ0v) is 15.6. The van der Waals surface area contributed by atoms with Gasteiger partial charge in [-0.25, -0.2) is 9.97 Å². The lowest BCUT2D eigenvalue weighted by molar-refractivity contribution is -0.384. The van der Waals surface area contributed by atoms with Crippen molar-refractivity contribution < 1.29 is 4.92 Å². The second kappa shape index (κ2) is 7.38. The van der Waals surface area contributed by atoms with Crippen LogP contribution in [0, 0.1) is 10.1 Å². The van der Waals surface area contributed by atoms with Crippen molar-refractivity contribution in [3.63, 3.8) is 0 Å². The van der Waals surface area contributed by atoms with Crippen molar-refractivity contribution in [3.05, 3.63) is 81.1 Å². The molecule has 0 amide bonds. The molecule has 0 unspecified atom stereocenters. The molecule has 0 saturated carbocycles. The third kappa shape index (κ3) is 3.58. The van der Waals surface area contributed by atoms with Gasteiger partial charge in [0.25, 0.3) is 5.69 Å². The second-order valence-electron chi connectivity index (χ2n) is 5.85. The van der Waals surface area contributed by atoms with Crippen LogP contribution in [0.5, 0.6) is 0 Å². The van der Waals surface area contributed by atoms with Crippen molar-refractivity contribution in [1.29, 1.82) is 0 Å². The van der Waals surface area contributed by atoms with Crippen LogP contribution in [-0.4, -0.2) is 19.9 Å². The lowest BCUT2D eigenvalue weighted by atomic mass is 10.2. The van der Waals surface area contributed by atoms with E-state index in [0.29, 0.717) is 38.3 Å². The van der Waals surface area contributed by atoms with Gasteiger partial charge in [0.05, 0.1) is 20.5 Å². The number of anilines is 2. The summed E-state index contributed by atoms with van der Waals surface area (Å²) in [7, 11) is 0. The smallest absolute Gasteiger partial charge is 0.270 e. The minimum atomic E-state index is -0.461. The molecule has 0 radical (unpaired) electrons. The Balaban J connectivity index is 1.90. The molecule has 4 rings (SSSR count). The van der Waals surface area contributed by atoms with E-state index in [1.54, 1.807) is 42.7 Å². The van der Waals surface area contributed by atoms with E-state index in [-0.39, 0.29) is 5.69 Å². The lowest BCUT2D eigenvalue weighted by Crippen LogP contribution is -2.00. The molecule has 1 N–H and O–H groups in total. The van der Waals surface area contributed by atoms with Crippen molar-refractivity contribution in [2.45, 2.75) is 0 Å². The van der Waals surface area contributed by atoms with Crippen LogP contribution in [0.25, 0.3) is 22.3 Å². The summed E-state index contributed by atoms with van der Waals surface area (Å²) in [5, 5.41) is 15.7. The zero-order valence-electron chi connectivity index (χ0n) is 14.1. The number of pyridine rings is 1. The van der Waals surface area contributed by atoms with E-state index in [1.165, 1.54) is 12.1 Å². The van der Waals surface area contributed by atoms with Crippen LogP contribution in [0.4, 0.5) is 17.2 Å². The standard InChI is InChI=1S/C19H11Cl2N5O2/c20-15-5-3-12(8-16(15)21)23-19-14-9-13(26(27)28)4-6-17(14)24-18(25-19)11-2-1-7-22-10-11/h1-10H,(H,23,24,25). The maximum Gasteiger partial charge on any atom is 0.270 e. The molecule has 2 aromatic heterocycles. The molecule has 2 heterocycles. The molecule has 0 bridgehead atoms. The van der Waals surface area contributed by atoms with Crippen molar-refractivity contribution in [2.75, 3.05) is 5.32 Å². The summed E-state index contributed by atoms with van der Waals surface area (Å²) < 4.78 is 0. The Bertz CT molecular complexity index is 1200. The number of hydrogen-bond donors (Lipinski definition) is 1. The van der Waals surface area contributed by atoms with Crippen molar-refractivity contribution >= 4 is 51.3 Å². The quantitative estimate of drug-likeness (QED) is 0.344. The molecule has 0 fully saturated rings. The number of rotatable bonds is 4. The number of nitrogens with zero attached hydrogens (tertiary/aromatic N) is 4. The molecule has 0 atom stereocenters. The minimum absolute atomic E-state index is 0.0533. The van der Waals surface area contributed by atoms with E-state index < -0.39 is 4.92 Å². The number of non-ortho nitro benzene ring substituents is 1. The van der Waals surface area contributed by atoms with Crippen LogP contribution < -0.4 is 5.32 Å². The number of fused-ring (bicyclic) bond motifs is 1. The van der Waals surface area contributed by atoms with Gasteiger partial charge in [-0.3, -0.25) is 15.1 Å². The molecule has 0 aliphatic carbocycles. The number of nitro groups is 1. The van der Waals surface area contributed by atoms with Crippen molar-refractivity contribution in [2.24, 2.45) is 0 Å². The summed E-state index contributed by atoms with van der Waals surface area (Å²) in [5.74, 6) is 0.850. The lowest BCUT2D eigenvalue weighted by Gasteiger charge is -2.11. The first-order valence-electron chi connectivity index (χ1n) is 8.10. The van der Waals surface area contributed by atoms with Gasteiger partial charge < -0.3 is 5.32 Å². The average molecular weight is 412 g/mol. The highest BCUT2D eigenvalue weighted by Crippen LogP contribution is 2.32. The van der Waals surface area contributed by atoms with Crippen molar-refractivity contribution in [1.82, 2.24) is 15.0 Å². The van der Waals surface area contributed by atoms with Crippen molar-refractivity contribution in [3.8, 4) is 11.4 Å². The van der Waals surface area contributed by atoms with Crippen LogP contribution in [0.15, 0.2) is 60.9 Å². The number of aromatic nitrogens is 3. The molecule has 2 aromatic carbocycles. The van der Waals surface area contributed by atoms with Gasteiger partial charge in [0.1, 0.15) is 5.82 Å². The van der Waals surface area contributed by atoms with Gasteiger partial charge in [0.2, 0.25) is 0 Å². The maximum atomic E-state index is 11.2. The summed E-state index contributed by atoms with van der Waals surface area (Å²) in [6.45, 7) is 0. The van der Waals surface area contributed by atoms with E-state index in [9.17, 15) is 10.1 Å². The highest BCUT2D eigenvalue weighted by atomic mass is 35.5. The Morgan fingerprint density at radius 1 is 1.00 bits per heavy atom. The monoisotopic (exact) mass is 411 g/mol. The highest BCUT2D eigenvalue weighted by Gasteiger charge is 2.14. The van der Waals surface area contributed by atoms with Crippen LogP contribution in [0.2, 0.25) is 10.0 Å². The number of hydrogen-bond acceptors (Lipinski definition) is 6. The fourth-order valence-electron chi connectivity index (χ4n) is 2.66. The Hall–Kier alpha value is -3.29. The number of nitrogens with one attached hydrogen (secondary N) is 1. The first kappa shape index (κ1) is 18.1.